The first-order valence-corrected chi connectivity index (χ1v) is 9.44. The Bertz CT molecular complexity index is 1180. The Labute approximate surface area is 153 Å². The molecule has 0 aliphatic carbocycles. The van der Waals surface area contributed by atoms with E-state index in [-0.39, 0.29) is 10.6 Å². The summed E-state index contributed by atoms with van der Waals surface area (Å²) in [7, 11) is -3.87. The van der Waals surface area contributed by atoms with E-state index < -0.39 is 21.8 Å². The molecule has 2 amide bonds. The van der Waals surface area contributed by atoms with Crippen LogP contribution in [0.3, 0.4) is 0 Å². The standard InChI is InChI=1S/C18H11ClN2O4S/c19-15-9-8-14-16-12(15)2-1-3-13(16)17(22)21(18(14)23)10-4-6-11(7-5-10)26(20,24)25/h1-9H,(H2,20,24,25). The highest BCUT2D eigenvalue weighted by Gasteiger charge is 2.34. The highest BCUT2D eigenvalue weighted by molar-refractivity contribution is 7.89. The second-order valence-electron chi connectivity index (χ2n) is 5.81. The van der Waals surface area contributed by atoms with E-state index in [2.05, 4.69) is 0 Å². The topological polar surface area (TPSA) is 97.5 Å². The Hall–Kier alpha value is -2.74. The molecule has 130 valence electrons. The molecule has 0 fully saturated rings. The lowest BCUT2D eigenvalue weighted by atomic mass is 9.93. The van der Waals surface area contributed by atoms with Crippen molar-refractivity contribution in [2.75, 3.05) is 4.90 Å². The van der Waals surface area contributed by atoms with Crippen LogP contribution in [-0.4, -0.2) is 20.2 Å². The van der Waals surface area contributed by atoms with Gasteiger partial charge >= 0.3 is 0 Å². The molecule has 6 nitrogen and oxygen atoms in total. The van der Waals surface area contributed by atoms with E-state index in [1.165, 1.54) is 24.3 Å². The van der Waals surface area contributed by atoms with E-state index in [1.807, 2.05) is 0 Å². The van der Waals surface area contributed by atoms with E-state index in [9.17, 15) is 18.0 Å². The van der Waals surface area contributed by atoms with Crippen LogP contribution in [0.25, 0.3) is 10.8 Å². The molecule has 0 aromatic heterocycles. The highest BCUT2D eigenvalue weighted by atomic mass is 35.5. The summed E-state index contributed by atoms with van der Waals surface area (Å²) in [5.74, 6) is -1.00. The van der Waals surface area contributed by atoms with Gasteiger partial charge in [-0.3, -0.25) is 9.59 Å². The number of anilines is 1. The van der Waals surface area contributed by atoms with Gasteiger partial charge < -0.3 is 0 Å². The Morgan fingerprint density at radius 3 is 2.08 bits per heavy atom. The van der Waals surface area contributed by atoms with Gasteiger partial charge in [0.25, 0.3) is 11.8 Å². The average Bonchev–Trinajstić information content (AvgIpc) is 2.60. The molecule has 4 rings (SSSR count). The van der Waals surface area contributed by atoms with E-state index in [1.54, 1.807) is 30.3 Å². The number of hydrogen-bond acceptors (Lipinski definition) is 4. The first kappa shape index (κ1) is 16.7. The van der Waals surface area contributed by atoms with Gasteiger partial charge in [-0.2, -0.15) is 0 Å². The second kappa shape index (κ2) is 5.63. The van der Waals surface area contributed by atoms with Crippen LogP contribution in [0.2, 0.25) is 5.02 Å². The normalized spacial score (nSPS) is 14.2. The van der Waals surface area contributed by atoms with Crippen molar-refractivity contribution in [1.29, 1.82) is 0 Å². The SMILES string of the molecule is NS(=O)(=O)c1ccc(N2C(=O)c3cccc4c(Cl)ccc(c34)C2=O)cc1. The number of imide groups is 1. The van der Waals surface area contributed by atoms with E-state index >= 15 is 0 Å². The minimum Gasteiger partial charge on any atom is -0.268 e. The Kier molecular flexibility index (Phi) is 3.62. The van der Waals surface area contributed by atoms with Crippen LogP contribution in [0.4, 0.5) is 5.69 Å². The lowest BCUT2D eigenvalue weighted by Crippen LogP contribution is -2.40. The maximum atomic E-state index is 12.9. The summed E-state index contributed by atoms with van der Waals surface area (Å²) in [5.41, 5.74) is 0.968. The molecule has 3 aromatic carbocycles. The molecule has 0 unspecified atom stereocenters. The van der Waals surface area contributed by atoms with Crippen molar-refractivity contribution in [1.82, 2.24) is 0 Å². The first-order valence-electron chi connectivity index (χ1n) is 7.52. The molecule has 2 N–H and O–H groups in total. The predicted molar refractivity (Wildman–Crippen MR) is 97.9 cm³/mol. The average molecular weight is 387 g/mol. The van der Waals surface area contributed by atoms with E-state index in [4.69, 9.17) is 16.7 Å². The third-order valence-corrected chi connectivity index (χ3v) is 5.54. The van der Waals surface area contributed by atoms with Crippen LogP contribution in [-0.2, 0) is 10.0 Å². The zero-order valence-corrected chi connectivity index (χ0v) is 14.7. The van der Waals surface area contributed by atoms with Crippen molar-refractivity contribution in [3.63, 3.8) is 0 Å². The maximum absolute atomic E-state index is 12.9. The van der Waals surface area contributed by atoms with Gasteiger partial charge in [0.05, 0.1) is 10.6 Å². The van der Waals surface area contributed by atoms with Crippen LogP contribution < -0.4 is 10.0 Å². The molecule has 0 spiro atoms. The molecule has 1 aliphatic rings. The van der Waals surface area contributed by atoms with Crippen molar-refractivity contribution >= 4 is 49.9 Å². The van der Waals surface area contributed by atoms with Crippen LogP contribution in [0.5, 0.6) is 0 Å². The molecular weight excluding hydrogens is 376 g/mol. The van der Waals surface area contributed by atoms with Gasteiger partial charge in [0.15, 0.2) is 0 Å². The van der Waals surface area contributed by atoms with Crippen molar-refractivity contribution in [2.45, 2.75) is 4.90 Å². The molecule has 8 heteroatoms. The first-order chi connectivity index (χ1) is 12.3. The monoisotopic (exact) mass is 386 g/mol. The molecule has 0 saturated heterocycles. The summed E-state index contributed by atoms with van der Waals surface area (Å²) < 4.78 is 22.8. The minimum absolute atomic E-state index is 0.104. The molecule has 3 aromatic rings. The summed E-state index contributed by atoms with van der Waals surface area (Å²) >= 11 is 6.19. The van der Waals surface area contributed by atoms with Gasteiger partial charge in [0.2, 0.25) is 10.0 Å². The lowest BCUT2D eigenvalue weighted by molar-refractivity contribution is 0.0893. The number of nitrogens with two attached hydrogens (primary N) is 1. The number of carbonyl (C=O) groups excluding carboxylic acids is 2. The van der Waals surface area contributed by atoms with Gasteiger partial charge in [0, 0.05) is 26.9 Å². The van der Waals surface area contributed by atoms with Gasteiger partial charge in [-0.15, -0.1) is 0 Å². The van der Waals surface area contributed by atoms with Crippen molar-refractivity contribution in [3.8, 4) is 0 Å². The van der Waals surface area contributed by atoms with Gasteiger partial charge in [0.1, 0.15) is 0 Å². The summed E-state index contributed by atoms with van der Waals surface area (Å²) in [4.78, 5) is 26.8. The fourth-order valence-corrected chi connectivity index (χ4v) is 3.82. The second-order valence-corrected chi connectivity index (χ2v) is 7.78. The Morgan fingerprint density at radius 1 is 0.846 bits per heavy atom. The fraction of sp³-hybridized carbons (Fsp3) is 0. The molecule has 0 atom stereocenters. The molecule has 0 bridgehead atoms. The Morgan fingerprint density at radius 2 is 1.46 bits per heavy atom. The van der Waals surface area contributed by atoms with Crippen LogP contribution in [0, 0.1) is 0 Å². The zero-order chi connectivity index (χ0) is 18.6. The number of sulfonamides is 1. The highest BCUT2D eigenvalue weighted by Crippen LogP contribution is 2.36. The predicted octanol–water partition coefficient (Wildman–Crippen LogP) is 2.94. The third-order valence-electron chi connectivity index (χ3n) is 4.28. The number of primary sulfonamides is 1. The van der Waals surface area contributed by atoms with Crippen molar-refractivity contribution < 1.29 is 18.0 Å². The number of nitrogens with zero attached hydrogens (tertiary/aromatic N) is 1. The van der Waals surface area contributed by atoms with Crippen molar-refractivity contribution in [2.24, 2.45) is 5.14 Å². The quantitative estimate of drug-likeness (QED) is 0.684. The summed E-state index contributed by atoms with van der Waals surface area (Å²) in [6, 6.07) is 13.5. The lowest BCUT2D eigenvalue weighted by Gasteiger charge is -2.27. The van der Waals surface area contributed by atoms with Crippen molar-refractivity contribution in [3.05, 3.63) is 70.7 Å². The van der Waals surface area contributed by atoms with E-state index in [0.29, 0.717) is 26.9 Å². The fourth-order valence-electron chi connectivity index (χ4n) is 3.08. The summed E-state index contributed by atoms with van der Waals surface area (Å²) in [6.07, 6.45) is 0. The minimum atomic E-state index is -3.87. The number of benzene rings is 3. The maximum Gasteiger partial charge on any atom is 0.265 e. The third kappa shape index (κ3) is 2.40. The smallest absolute Gasteiger partial charge is 0.265 e. The molecule has 26 heavy (non-hydrogen) atoms. The molecule has 1 aliphatic heterocycles. The Balaban J connectivity index is 1.90. The van der Waals surface area contributed by atoms with Gasteiger partial charge in [-0.1, -0.05) is 23.7 Å². The molecule has 0 radical (unpaired) electrons. The number of rotatable bonds is 2. The number of carbonyl (C=O) groups is 2. The number of amides is 2. The van der Waals surface area contributed by atoms with E-state index in [0.717, 1.165) is 4.90 Å². The van der Waals surface area contributed by atoms with Gasteiger partial charge in [-0.05, 0) is 42.5 Å². The summed E-state index contributed by atoms with van der Waals surface area (Å²) in [6.45, 7) is 0. The number of hydrogen-bond donors (Lipinski definition) is 1. The largest absolute Gasteiger partial charge is 0.268 e. The molecular formula is C18H11ClN2O4S. The van der Waals surface area contributed by atoms with Crippen LogP contribution in [0.15, 0.2) is 59.5 Å². The zero-order valence-electron chi connectivity index (χ0n) is 13.1. The molecule has 0 saturated carbocycles. The van der Waals surface area contributed by atoms with Crippen LogP contribution in [0.1, 0.15) is 20.7 Å². The summed E-state index contributed by atoms with van der Waals surface area (Å²) in [5, 5.41) is 6.69. The molecule has 1 heterocycles. The number of halogens is 1. The van der Waals surface area contributed by atoms with Crippen LogP contribution >= 0.6 is 11.6 Å². The van der Waals surface area contributed by atoms with Gasteiger partial charge in [-0.25, -0.2) is 18.5 Å².